The lowest BCUT2D eigenvalue weighted by atomic mass is 10.3. The smallest absolute Gasteiger partial charge is 0.284 e. The number of para-hydroxylation sites is 1. The van der Waals surface area contributed by atoms with Crippen LogP contribution in [0.25, 0.3) is 0 Å². The molecule has 1 heterocycles. The third-order valence-electron chi connectivity index (χ3n) is 2.39. The molecule has 2 rings (SSSR count). The second-order valence-corrected chi connectivity index (χ2v) is 4.30. The maximum absolute atomic E-state index is 12.1. The Morgan fingerprint density at radius 2 is 2.00 bits per heavy atom. The normalized spacial score (nSPS) is 19.4. The number of aliphatic imine (C=N–C) groups is 1. The van der Waals surface area contributed by atoms with E-state index in [0.717, 1.165) is 10.9 Å². The van der Waals surface area contributed by atoms with E-state index in [-0.39, 0.29) is 6.03 Å². The molecule has 0 aliphatic carbocycles. The van der Waals surface area contributed by atoms with Crippen LogP contribution in [-0.2, 0) is 0 Å². The van der Waals surface area contributed by atoms with Crippen molar-refractivity contribution in [2.24, 2.45) is 4.99 Å². The molecular weight excluding hydrogens is 222 g/mol. The monoisotopic (exact) mass is 235 g/mol. The SMILES string of the molecule is C/N=C1\SCN(c2ccccc2)C(=O)N1C. The Morgan fingerprint density at radius 3 is 2.62 bits per heavy atom. The van der Waals surface area contributed by atoms with Gasteiger partial charge in [-0.3, -0.25) is 14.8 Å². The second-order valence-electron chi connectivity index (χ2n) is 3.38. The van der Waals surface area contributed by atoms with Crippen molar-refractivity contribution in [2.45, 2.75) is 0 Å². The molecule has 0 radical (unpaired) electrons. The summed E-state index contributed by atoms with van der Waals surface area (Å²) in [6.45, 7) is 0. The van der Waals surface area contributed by atoms with Gasteiger partial charge in [-0.05, 0) is 12.1 Å². The molecule has 1 aliphatic rings. The van der Waals surface area contributed by atoms with Gasteiger partial charge in [0.2, 0.25) is 0 Å². The maximum atomic E-state index is 12.1. The van der Waals surface area contributed by atoms with E-state index >= 15 is 0 Å². The molecule has 1 aliphatic heterocycles. The highest BCUT2D eigenvalue weighted by molar-refractivity contribution is 8.14. The Labute approximate surface area is 98.9 Å². The van der Waals surface area contributed by atoms with Crippen molar-refractivity contribution in [3.05, 3.63) is 30.3 Å². The standard InChI is InChI=1S/C11H13N3OS/c1-12-10-13(2)11(15)14(8-16-10)9-6-4-3-5-7-9/h3-7H,8H2,1-2H3/b12-10-. The van der Waals surface area contributed by atoms with Crippen LogP contribution < -0.4 is 4.90 Å². The predicted molar refractivity (Wildman–Crippen MR) is 67.9 cm³/mol. The average Bonchev–Trinajstić information content (AvgIpc) is 2.34. The van der Waals surface area contributed by atoms with Gasteiger partial charge in [0.25, 0.3) is 0 Å². The van der Waals surface area contributed by atoms with Gasteiger partial charge in [0.15, 0.2) is 5.17 Å². The van der Waals surface area contributed by atoms with Gasteiger partial charge in [0.1, 0.15) is 0 Å². The molecule has 16 heavy (non-hydrogen) atoms. The van der Waals surface area contributed by atoms with Gasteiger partial charge in [-0.1, -0.05) is 30.0 Å². The van der Waals surface area contributed by atoms with Crippen LogP contribution in [0.15, 0.2) is 35.3 Å². The van der Waals surface area contributed by atoms with E-state index in [1.54, 1.807) is 35.7 Å². The molecular formula is C11H13N3OS. The van der Waals surface area contributed by atoms with E-state index in [1.165, 1.54) is 0 Å². The van der Waals surface area contributed by atoms with Gasteiger partial charge in [-0.15, -0.1) is 0 Å². The van der Waals surface area contributed by atoms with E-state index in [1.807, 2.05) is 30.3 Å². The molecule has 5 heteroatoms. The fourth-order valence-corrected chi connectivity index (χ4v) is 2.45. The Morgan fingerprint density at radius 1 is 1.31 bits per heavy atom. The molecule has 1 fully saturated rings. The zero-order chi connectivity index (χ0) is 11.5. The largest absolute Gasteiger partial charge is 0.331 e. The van der Waals surface area contributed by atoms with Gasteiger partial charge < -0.3 is 0 Å². The number of anilines is 1. The van der Waals surface area contributed by atoms with Gasteiger partial charge in [0.05, 0.1) is 5.88 Å². The van der Waals surface area contributed by atoms with E-state index in [4.69, 9.17) is 0 Å². The Bertz CT molecular complexity index is 418. The van der Waals surface area contributed by atoms with Crippen LogP contribution in [0.1, 0.15) is 0 Å². The first-order valence-electron chi connectivity index (χ1n) is 4.94. The fraction of sp³-hybridized carbons (Fsp3) is 0.273. The number of amides is 2. The van der Waals surface area contributed by atoms with Crippen molar-refractivity contribution in [1.82, 2.24) is 4.90 Å². The zero-order valence-electron chi connectivity index (χ0n) is 9.25. The van der Waals surface area contributed by atoms with E-state index in [2.05, 4.69) is 4.99 Å². The van der Waals surface area contributed by atoms with Crippen LogP contribution >= 0.6 is 11.8 Å². The fourth-order valence-electron chi connectivity index (χ4n) is 1.54. The summed E-state index contributed by atoms with van der Waals surface area (Å²) in [4.78, 5) is 19.4. The molecule has 84 valence electrons. The lowest BCUT2D eigenvalue weighted by Gasteiger charge is -2.33. The van der Waals surface area contributed by atoms with Crippen LogP contribution in [0.5, 0.6) is 0 Å². The number of hydrogen-bond acceptors (Lipinski definition) is 3. The zero-order valence-corrected chi connectivity index (χ0v) is 10.1. The number of carbonyl (C=O) groups excluding carboxylic acids is 1. The number of urea groups is 1. The summed E-state index contributed by atoms with van der Waals surface area (Å²) in [5.74, 6) is 0.611. The molecule has 1 aromatic carbocycles. The van der Waals surface area contributed by atoms with Crippen LogP contribution in [0.2, 0.25) is 0 Å². The highest BCUT2D eigenvalue weighted by Gasteiger charge is 2.28. The van der Waals surface area contributed by atoms with Crippen LogP contribution in [-0.4, -0.2) is 36.1 Å². The maximum Gasteiger partial charge on any atom is 0.331 e. The molecule has 4 nitrogen and oxygen atoms in total. The number of thioether (sulfide) groups is 1. The summed E-state index contributed by atoms with van der Waals surface area (Å²) in [5, 5.41) is 0.761. The number of hydrogen-bond donors (Lipinski definition) is 0. The summed E-state index contributed by atoms with van der Waals surface area (Å²) in [6, 6.07) is 9.62. The van der Waals surface area contributed by atoms with Crippen molar-refractivity contribution in [1.29, 1.82) is 0 Å². The minimum absolute atomic E-state index is 0.0365. The number of amidine groups is 1. The van der Waals surface area contributed by atoms with Crippen molar-refractivity contribution < 1.29 is 4.79 Å². The number of nitrogens with zero attached hydrogens (tertiary/aromatic N) is 3. The molecule has 1 aromatic rings. The number of benzene rings is 1. The molecule has 0 saturated carbocycles. The lowest BCUT2D eigenvalue weighted by molar-refractivity contribution is 0.233. The van der Waals surface area contributed by atoms with Crippen molar-refractivity contribution in [2.75, 3.05) is 24.9 Å². The average molecular weight is 235 g/mol. The minimum Gasteiger partial charge on any atom is -0.284 e. The lowest BCUT2D eigenvalue weighted by Crippen LogP contribution is -2.48. The molecule has 1 saturated heterocycles. The Hall–Kier alpha value is -1.49. The third kappa shape index (κ3) is 1.90. The highest BCUT2D eigenvalue weighted by Crippen LogP contribution is 2.24. The molecule has 0 bridgehead atoms. The van der Waals surface area contributed by atoms with Crippen molar-refractivity contribution in [3.63, 3.8) is 0 Å². The van der Waals surface area contributed by atoms with Crippen LogP contribution in [0, 0.1) is 0 Å². The van der Waals surface area contributed by atoms with Gasteiger partial charge in [-0.25, -0.2) is 4.79 Å². The summed E-state index contributed by atoms with van der Waals surface area (Å²) >= 11 is 1.56. The summed E-state index contributed by atoms with van der Waals surface area (Å²) in [5.41, 5.74) is 0.919. The third-order valence-corrected chi connectivity index (χ3v) is 3.49. The van der Waals surface area contributed by atoms with E-state index < -0.39 is 0 Å². The number of carbonyl (C=O) groups is 1. The Balaban J connectivity index is 2.24. The van der Waals surface area contributed by atoms with Crippen LogP contribution in [0.4, 0.5) is 10.5 Å². The van der Waals surface area contributed by atoms with Gasteiger partial charge in [-0.2, -0.15) is 0 Å². The molecule has 0 unspecified atom stereocenters. The summed E-state index contributed by atoms with van der Waals surface area (Å²) in [6.07, 6.45) is 0. The molecule has 0 aromatic heterocycles. The van der Waals surface area contributed by atoms with E-state index in [9.17, 15) is 4.79 Å². The Kier molecular flexibility index (Phi) is 3.14. The van der Waals surface area contributed by atoms with Crippen LogP contribution in [0.3, 0.4) is 0 Å². The highest BCUT2D eigenvalue weighted by atomic mass is 32.2. The van der Waals surface area contributed by atoms with Gasteiger partial charge in [0, 0.05) is 19.8 Å². The topological polar surface area (TPSA) is 35.9 Å². The van der Waals surface area contributed by atoms with E-state index in [0.29, 0.717) is 5.88 Å². The van der Waals surface area contributed by atoms with Gasteiger partial charge >= 0.3 is 6.03 Å². The first-order chi connectivity index (χ1) is 7.74. The summed E-state index contributed by atoms with van der Waals surface area (Å²) in [7, 11) is 3.44. The quantitative estimate of drug-likeness (QED) is 0.748. The summed E-state index contributed by atoms with van der Waals surface area (Å²) < 4.78 is 0. The molecule has 0 atom stereocenters. The predicted octanol–water partition coefficient (Wildman–Crippen LogP) is 2.23. The molecule has 0 spiro atoms. The second kappa shape index (κ2) is 4.57. The first-order valence-corrected chi connectivity index (χ1v) is 5.92. The minimum atomic E-state index is -0.0365. The van der Waals surface area contributed by atoms with Crippen molar-refractivity contribution in [3.8, 4) is 0 Å². The number of rotatable bonds is 1. The molecule has 2 amide bonds. The molecule has 0 N–H and O–H groups in total. The first kappa shape index (κ1) is 11.0. The van der Waals surface area contributed by atoms with Crippen molar-refractivity contribution >= 4 is 28.6 Å².